The molecule has 2 aromatic rings. The number of hydrogen-bond acceptors (Lipinski definition) is 2. The number of aryl methyl sites for hydroxylation is 1. The van der Waals surface area contributed by atoms with Crippen molar-refractivity contribution in [3.8, 4) is 5.75 Å². The Morgan fingerprint density at radius 2 is 2.27 bits per heavy atom. The number of nitrogens with two attached hydrogens (primary N) is 1. The van der Waals surface area contributed by atoms with Crippen LogP contribution in [0, 0.1) is 0 Å². The van der Waals surface area contributed by atoms with Crippen LogP contribution in [0.25, 0.3) is 10.9 Å². The van der Waals surface area contributed by atoms with Crippen molar-refractivity contribution in [1.82, 2.24) is 4.98 Å². The smallest absolute Gasteiger partial charge is 0.139 e. The maximum atomic E-state index is 9.72. The molecule has 0 saturated carbocycles. The van der Waals surface area contributed by atoms with E-state index in [0.717, 1.165) is 30.2 Å². The second kappa shape index (κ2) is 3.00. The number of rotatable bonds is 0. The number of aromatic hydroxyl groups is 1. The molecule has 0 spiro atoms. The van der Waals surface area contributed by atoms with Crippen molar-refractivity contribution >= 4 is 10.9 Å². The Labute approximate surface area is 87.9 Å². The lowest BCUT2D eigenvalue weighted by Crippen LogP contribution is -2.27. The summed E-state index contributed by atoms with van der Waals surface area (Å²) in [6.07, 6.45) is 2.93. The molecule has 4 N–H and O–H groups in total. The lowest BCUT2D eigenvalue weighted by Gasteiger charge is -2.17. The van der Waals surface area contributed by atoms with E-state index < -0.39 is 0 Å². The minimum absolute atomic E-state index is 0.263. The van der Waals surface area contributed by atoms with E-state index in [9.17, 15) is 5.11 Å². The summed E-state index contributed by atoms with van der Waals surface area (Å²) < 4.78 is 0. The lowest BCUT2D eigenvalue weighted by molar-refractivity contribution is 0.480. The molecule has 0 saturated heterocycles. The van der Waals surface area contributed by atoms with Crippen LogP contribution in [-0.4, -0.2) is 16.1 Å². The number of para-hydroxylation sites is 1. The quantitative estimate of drug-likeness (QED) is 0.608. The Hall–Kier alpha value is -1.48. The Morgan fingerprint density at radius 1 is 1.40 bits per heavy atom. The van der Waals surface area contributed by atoms with Crippen LogP contribution < -0.4 is 5.73 Å². The van der Waals surface area contributed by atoms with Crippen molar-refractivity contribution in [3.05, 3.63) is 29.5 Å². The number of aromatic amines is 1. The topological polar surface area (TPSA) is 62.0 Å². The maximum absolute atomic E-state index is 9.72. The fourth-order valence-corrected chi connectivity index (χ4v) is 2.45. The van der Waals surface area contributed by atoms with Gasteiger partial charge in [0.25, 0.3) is 0 Å². The zero-order valence-electron chi connectivity index (χ0n) is 8.46. The molecule has 1 aromatic carbocycles. The number of benzene rings is 1. The predicted octanol–water partition coefficient (Wildman–Crippen LogP) is 1.69. The minimum atomic E-state index is 0.263. The first kappa shape index (κ1) is 8.80. The Bertz CT molecular complexity index is 516. The van der Waals surface area contributed by atoms with Gasteiger partial charge in [-0.2, -0.15) is 0 Å². The number of phenolic OH excluding ortho intramolecular Hbond substituents is 1. The van der Waals surface area contributed by atoms with Gasteiger partial charge in [-0.3, -0.25) is 0 Å². The van der Waals surface area contributed by atoms with Gasteiger partial charge < -0.3 is 15.8 Å². The van der Waals surface area contributed by atoms with Gasteiger partial charge in [-0.25, -0.2) is 0 Å². The van der Waals surface area contributed by atoms with Gasteiger partial charge in [0.2, 0.25) is 0 Å². The van der Waals surface area contributed by atoms with Crippen molar-refractivity contribution in [2.24, 2.45) is 5.73 Å². The van der Waals surface area contributed by atoms with E-state index in [2.05, 4.69) is 4.98 Å². The molecule has 3 rings (SSSR count). The van der Waals surface area contributed by atoms with E-state index in [4.69, 9.17) is 5.73 Å². The van der Waals surface area contributed by atoms with Crippen LogP contribution >= 0.6 is 0 Å². The monoisotopic (exact) mass is 202 g/mol. The fraction of sp³-hybridized carbons (Fsp3) is 0.333. The van der Waals surface area contributed by atoms with E-state index in [-0.39, 0.29) is 6.04 Å². The van der Waals surface area contributed by atoms with Crippen LogP contribution in [-0.2, 0) is 12.8 Å². The van der Waals surface area contributed by atoms with E-state index in [0.29, 0.717) is 5.75 Å². The molecule has 0 fully saturated rings. The van der Waals surface area contributed by atoms with Gasteiger partial charge >= 0.3 is 0 Å². The molecule has 1 aliphatic carbocycles. The average Bonchev–Trinajstić information content (AvgIpc) is 2.58. The largest absolute Gasteiger partial charge is 0.506 e. The van der Waals surface area contributed by atoms with Gasteiger partial charge in [-0.15, -0.1) is 0 Å². The number of H-pyrrole nitrogens is 1. The molecule has 0 radical (unpaired) electrons. The summed E-state index contributed by atoms with van der Waals surface area (Å²) in [4.78, 5) is 3.30. The summed E-state index contributed by atoms with van der Waals surface area (Å²) in [6, 6.07) is 5.90. The van der Waals surface area contributed by atoms with Crippen molar-refractivity contribution < 1.29 is 5.11 Å². The van der Waals surface area contributed by atoms with Gasteiger partial charge in [0, 0.05) is 17.1 Å². The van der Waals surface area contributed by atoms with Crippen molar-refractivity contribution in [3.63, 3.8) is 0 Å². The molecular weight excluding hydrogens is 188 g/mol. The summed E-state index contributed by atoms with van der Waals surface area (Å²) in [6.45, 7) is 0. The molecule has 1 heterocycles. The summed E-state index contributed by atoms with van der Waals surface area (Å²) in [5.41, 5.74) is 9.35. The molecule has 78 valence electrons. The van der Waals surface area contributed by atoms with Crippen LogP contribution in [0.3, 0.4) is 0 Å². The molecule has 1 aliphatic rings. The molecule has 3 heteroatoms. The van der Waals surface area contributed by atoms with E-state index in [1.807, 2.05) is 12.1 Å². The zero-order chi connectivity index (χ0) is 10.4. The fourth-order valence-electron chi connectivity index (χ4n) is 2.45. The van der Waals surface area contributed by atoms with Crippen molar-refractivity contribution in [1.29, 1.82) is 0 Å². The van der Waals surface area contributed by atoms with Crippen LogP contribution in [0.1, 0.15) is 17.7 Å². The molecule has 0 bridgehead atoms. The normalized spacial score (nSPS) is 20.5. The maximum Gasteiger partial charge on any atom is 0.139 e. The number of phenols is 1. The summed E-state index contributed by atoms with van der Waals surface area (Å²) in [7, 11) is 0. The molecule has 0 aliphatic heterocycles. The number of fused-ring (bicyclic) bond motifs is 3. The minimum Gasteiger partial charge on any atom is -0.506 e. The summed E-state index contributed by atoms with van der Waals surface area (Å²) >= 11 is 0. The zero-order valence-corrected chi connectivity index (χ0v) is 8.46. The van der Waals surface area contributed by atoms with Crippen LogP contribution in [0.5, 0.6) is 5.75 Å². The highest BCUT2D eigenvalue weighted by atomic mass is 16.3. The molecule has 1 atom stereocenters. The highest BCUT2D eigenvalue weighted by Crippen LogP contribution is 2.32. The molecule has 1 aromatic heterocycles. The second-order valence-electron chi connectivity index (χ2n) is 4.28. The average molecular weight is 202 g/mol. The van der Waals surface area contributed by atoms with Crippen molar-refractivity contribution in [2.75, 3.05) is 0 Å². The highest BCUT2D eigenvalue weighted by Gasteiger charge is 2.20. The first-order valence-electron chi connectivity index (χ1n) is 5.32. The van der Waals surface area contributed by atoms with E-state index in [1.165, 1.54) is 11.3 Å². The second-order valence-corrected chi connectivity index (χ2v) is 4.28. The lowest BCUT2D eigenvalue weighted by atomic mass is 9.92. The molecule has 1 unspecified atom stereocenters. The third-order valence-corrected chi connectivity index (χ3v) is 3.24. The Kier molecular flexibility index (Phi) is 1.76. The summed E-state index contributed by atoms with van der Waals surface area (Å²) in [5.74, 6) is 0.329. The third-order valence-electron chi connectivity index (χ3n) is 3.24. The standard InChI is InChI=1S/C12H14N2O/c13-7-4-5-10-9(6-7)8-2-1-3-11(15)12(8)14-10/h1-3,7,14-15H,4-6,13H2. The summed E-state index contributed by atoms with van der Waals surface area (Å²) in [5, 5.41) is 10.8. The van der Waals surface area contributed by atoms with Gasteiger partial charge in [0.15, 0.2) is 0 Å². The van der Waals surface area contributed by atoms with Crippen LogP contribution in [0.15, 0.2) is 18.2 Å². The van der Waals surface area contributed by atoms with Crippen molar-refractivity contribution in [2.45, 2.75) is 25.3 Å². The highest BCUT2D eigenvalue weighted by molar-refractivity contribution is 5.89. The van der Waals surface area contributed by atoms with E-state index in [1.54, 1.807) is 6.07 Å². The predicted molar refractivity (Wildman–Crippen MR) is 60.0 cm³/mol. The molecule has 15 heavy (non-hydrogen) atoms. The number of nitrogens with one attached hydrogen (secondary N) is 1. The Balaban J connectivity index is 2.29. The third kappa shape index (κ3) is 1.23. The molecule has 3 nitrogen and oxygen atoms in total. The van der Waals surface area contributed by atoms with Crippen LogP contribution in [0.4, 0.5) is 0 Å². The Morgan fingerprint density at radius 3 is 3.13 bits per heavy atom. The molecule has 0 amide bonds. The SMILES string of the molecule is NC1CCc2[nH]c3c(O)cccc3c2C1. The van der Waals surface area contributed by atoms with Gasteiger partial charge in [-0.1, -0.05) is 12.1 Å². The first-order chi connectivity index (χ1) is 7.25. The number of aromatic nitrogens is 1. The van der Waals surface area contributed by atoms with Gasteiger partial charge in [-0.05, 0) is 30.9 Å². The number of hydrogen-bond donors (Lipinski definition) is 3. The van der Waals surface area contributed by atoms with Gasteiger partial charge in [0.1, 0.15) is 5.75 Å². The van der Waals surface area contributed by atoms with E-state index >= 15 is 0 Å². The molecular formula is C12H14N2O. The van der Waals surface area contributed by atoms with Crippen LogP contribution in [0.2, 0.25) is 0 Å². The first-order valence-corrected chi connectivity index (χ1v) is 5.32. The van der Waals surface area contributed by atoms with Gasteiger partial charge in [0.05, 0.1) is 5.52 Å².